The van der Waals surface area contributed by atoms with Crippen LogP contribution in [0.3, 0.4) is 0 Å². The normalized spacial score (nSPS) is 10.6. The molecule has 0 bridgehead atoms. The van der Waals surface area contributed by atoms with Gasteiger partial charge < -0.3 is 10.5 Å². The highest BCUT2D eigenvalue weighted by atomic mass is 35.5. The van der Waals surface area contributed by atoms with Crippen molar-refractivity contribution in [1.29, 1.82) is 0 Å². The van der Waals surface area contributed by atoms with Crippen LogP contribution in [0.15, 0.2) is 36.4 Å². The van der Waals surface area contributed by atoms with Gasteiger partial charge in [0.05, 0.1) is 15.1 Å². The Morgan fingerprint density at radius 2 is 1.55 bits per heavy atom. The molecule has 0 unspecified atom stereocenters. The summed E-state index contributed by atoms with van der Waals surface area (Å²) in [5, 5.41) is 1.27. The van der Waals surface area contributed by atoms with E-state index in [1.807, 2.05) is 24.3 Å². The summed E-state index contributed by atoms with van der Waals surface area (Å²) in [6.07, 6.45) is 0.814. The summed E-state index contributed by atoms with van der Waals surface area (Å²) < 4.78 is 5.73. The largest absolute Gasteiger partial charge is 0.487 e. The Morgan fingerprint density at radius 3 is 2.25 bits per heavy atom. The highest BCUT2D eigenvalue weighted by Crippen LogP contribution is 2.34. The van der Waals surface area contributed by atoms with Gasteiger partial charge in [-0.1, -0.05) is 59.1 Å². The third-order valence-corrected chi connectivity index (χ3v) is 3.91. The molecule has 0 aliphatic carbocycles. The average molecular weight is 331 g/mol. The van der Waals surface area contributed by atoms with Crippen molar-refractivity contribution >= 4 is 34.8 Å². The fourth-order valence-corrected chi connectivity index (χ4v) is 2.46. The minimum Gasteiger partial charge on any atom is -0.487 e. The fraction of sp³-hybridized carbons (Fsp3) is 0.200. The maximum absolute atomic E-state index is 6.08. The number of ether oxygens (including phenoxy) is 1. The predicted molar refractivity (Wildman–Crippen MR) is 85.0 cm³/mol. The number of benzene rings is 2. The molecule has 2 N–H and O–H groups in total. The molecule has 0 spiro atoms. The fourth-order valence-electron chi connectivity index (χ4n) is 1.87. The van der Waals surface area contributed by atoms with E-state index in [4.69, 9.17) is 45.3 Å². The molecular weight excluding hydrogens is 317 g/mol. The molecule has 0 aliphatic rings. The zero-order valence-electron chi connectivity index (χ0n) is 10.7. The topological polar surface area (TPSA) is 35.2 Å². The smallest absolute Gasteiger partial charge is 0.139 e. The van der Waals surface area contributed by atoms with Gasteiger partial charge in [0.2, 0.25) is 0 Å². The zero-order valence-corrected chi connectivity index (χ0v) is 13.0. The summed E-state index contributed by atoms with van der Waals surface area (Å²) in [6, 6.07) is 11.2. The van der Waals surface area contributed by atoms with Gasteiger partial charge in [0.15, 0.2) is 0 Å². The maximum Gasteiger partial charge on any atom is 0.139 e. The van der Waals surface area contributed by atoms with Crippen LogP contribution in [0.4, 0.5) is 0 Å². The summed E-state index contributed by atoms with van der Waals surface area (Å²) in [6.45, 7) is 1.01. The molecular formula is C15H14Cl3NO. The molecule has 0 heterocycles. The highest BCUT2D eigenvalue weighted by Gasteiger charge is 2.08. The van der Waals surface area contributed by atoms with E-state index in [1.165, 1.54) is 5.56 Å². The number of halogens is 3. The van der Waals surface area contributed by atoms with E-state index in [0.29, 0.717) is 34.0 Å². The van der Waals surface area contributed by atoms with Crippen LogP contribution in [0.25, 0.3) is 0 Å². The molecule has 2 nitrogen and oxygen atoms in total. The second-order valence-corrected chi connectivity index (χ2v) is 5.51. The Bertz CT molecular complexity index is 602. The van der Waals surface area contributed by atoms with Crippen LogP contribution in [0.1, 0.15) is 11.1 Å². The van der Waals surface area contributed by atoms with Crippen molar-refractivity contribution in [3.63, 3.8) is 0 Å². The van der Waals surface area contributed by atoms with Crippen molar-refractivity contribution in [1.82, 2.24) is 0 Å². The van der Waals surface area contributed by atoms with Gasteiger partial charge in [-0.15, -0.1) is 0 Å². The summed E-state index contributed by atoms with van der Waals surface area (Å²) in [4.78, 5) is 0. The Hall–Kier alpha value is -0.930. The first-order valence-electron chi connectivity index (χ1n) is 6.16. The molecule has 5 heteroatoms. The lowest BCUT2D eigenvalue weighted by Crippen LogP contribution is -2.07. The third-order valence-electron chi connectivity index (χ3n) is 2.89. The monoisotopic (exact) mass is 329 g/mol. The second kappa shape index (κ2) is 7.19. The van der Waals surface area contributed by atoms with Gasteiger partial charge in [0.1, 0.15) is 12.4 Å². The van der Waals surface area contributed by atoms with Crippen LogP contribution in [-0.4, -0.2) is 6.54 Å². The first kappa shape index (κ1) is 15.5. The number of hydrogen-bond acceptors (Lipinski definition) is 2. The van der Waals surface area contributed by atoms with Crippen LogP contribution in [0, 0.1) is 0 Å². The Morgan fingerprint density at radius 1 is 0.900 bits per heavy atom. The van der Waals surface area contributed by atoms with Crippen molar-refractivity contribution in [2.45, 2.75) is 13.0 Å². The second-order valence-electron chi connectivity index (χ2n) is 4.29. The lowest BCUT2D eigenvalue weighted by molar-refractivity contribution is 0.305. The van der Waals surface area contributed by atoms with Gasteiger partial charge in [-0.25, -0.2) is 0 Å². The van der Waals surface area contributed by atoms with Crippen molar-refractivity contribution in [2.75, 3.05) is 6.54 Å². The number of rotatable bonds is 5. The molecule has 0 aromatic heterocycles. The first-order valence-corrected chi connectivity index (χ1v) is 7.29. The Kier molecular flexibility index (Phi) is 5.55. The summed E-state index contributed by atoms with van der Waals surface area (Å²) in [5.74, 6) is 0.517. The van der Waals surface area contributed by atoms with Crippen molar-refractivity contribution in [3.05, 3.63) is 62.6 Å². The number of hydrogen-bond donors (Lipinski definition) is 1. The number of nitrogens with two attached hydrogens (primary N) is 1. The summed E-state index contributed by atoms with van der Waals surface area (Å²) >= 11 is 17.9. The highest BCUT2D eigenvalue weighted by molar-refractivity contribution is 6.43. The van der Waals surface area contributed by atoms with E-state index in [2.05, 4.69) is 0 Å². The van der Waals surface area contributed by atoms with Gasteiger partial charge in [-0.3, -0.25) is 0 Å². The van der Waals surface area contributed by atoms with Crippen molar-refractivity contribution < 1.29 is 4.74 Å². The van der Waals surface area contributed by atoms with E-state index in [9.17, 15) is 0 Å². The standard InChI is InChI=1S/C15H14Cl3NO/c16-12-7-14(18)15(8-13(12)17)20-9-11-4-2-1-3-10(11)5-6-19/h1-4,7-8H,5-6,9,19H2. The van der Waals surface area contributed by atoms with E-state index in [-0.39, 0.29) is 0 Å². The van der Waals surface area contributed by atoms with Gasteiger partial charge in [-0.05, 0) is 30.2 Å². The summed E-state index contributed by atoms with van der Waals surface area (Å²) in [7, 11) is 0. The average Bonchev–Trinajstić information content (AvgIpc) is 2.43. The molecule has 0 fully saturated rings. The molecule has 0 atom stereocenters. The van der Waals surface area contributed by atoms with E-state index >= 15 is 0 Å². The molecule has 2 aromatic carbocycles. The van der Waals surface area contributed by atoms with Crippen LogP contribution in [0.2, 0.25) is 15.1 Å². The molecule has 106 valence electrons. The van der Waals surface area contributed by atoms with Gasteiger partial charge in [-0.2, -0.15) is 0 Å². The Balaban J connectivity index is 2.15. The molecule has 0 amide bonds. The van der Waals surface area contributed by atoms with Crippen LogP contribution in [0.5, 0.6) is 5.75 Å². The predicted octanol–water partition coefficient (Wildman–Crippen LogP) is 4.73. The first-order chi connectivity index (χ1) is 9.61. The molecule has 0 radical (unpaired) electrons. The van der Waals surface area contributed by atoms with E-state index in [1.54, 1.807) is 12.1 Å². The molecule has 2 aromatic rings. The SMILES string of the molecule is NCCc1ccccc1COc1cc(Cl)c(Cl)cc1Cl. The van der Waals surface area contributed by atoms with Gasteiger partial charge >= 0.3 is 0 Å². The van der Waals surface area contributed by atoms with E-state index in [0.717, 1.165) is 12.0 Å². The lowest BCUT2D eigenvalue weighted by Gasteiger charge is -2.12. The third kappa shape index (κ3) is 3.80. The van der Waals surface area contributed by atoms with Crippen LogP contribution >= 0.6 is 34.8 Å². The van der Waals surface area contributed by atoms with Gasteiger partial charge in [0, 0.05) is 6.07 Å². The van der Waals surface area contributed by atoms with Crippen LogP contribution < -0.4 is 10.5 Å². The molecule has 0 saturated heterocycles. The zero-order chi connectivity index (χ0) is 14.5. The Labute approximate surface area is 133 Å². The maximum atomic E-state index is 6.08. The van der Waals surface area contributed by atoms with Crippen LogP contribution in [-0.2, 0) is 13.0 Å². The quantitative estimate of drug-likeness (QED) is 0.805. The van der Waals surface area contributed by atoms with Crippen molar-refractivity contribution in [3.8, 4) is 5.75 Å². The molecule has 2 rings (SSSR count). The van der Waals surface area contributed by atoms with Gasteiger partial charge in [0.25, 0.3) is 0 Å². The minimum atomic E-state index is 0.410. The molecule has 0 saturated carbocycles. The summed E-state index contributed by atoms with van der Waals surface area (Å²) in [5.41, 5.74) is 7.86. The lowest BCUT2D eigenvalue weighted by atomic mass is 10.1. The minimum absolute atomic E-state index is 0.410. The van der Waals surface area contributed by atoms with E-state index < -0.39 is 0 Å². The molecule has 0 aliphatic heterocycles. The molecule has 20 heavy (non-hydrogen) atoms. The van der Waals surface area contributed by atoms with Crippen molar-refractivity contribution in [2.24, 2.45) is 5.73 Å².